The molecule has 0 fully saturated rings. The van der Waals surface area contributed by atoms with E-state index in [0.29, 0.717) is 0 Å². The van der Waals surface area contributed by atoms with Crippen LogP contribution in [0.3, 0.4) is 0 Å². The van der Waals surface area contributed by atoms with Gasteiger partial charge in [-0.2, -0.15) is 0 Å². The maximum absolute atomic E-state index is 11.8. The highest BCUT2D eigenvalue weighted by Crippen LogP contribution is 2.12. The summed E-state index contributed by atoms with van der Waals surface area (Å²) in [6.07, 6.45) is -1.77. The van der Waals surface area contributed by atoms with Crippen LogP contribution in [0.4, 0.5) is 4.79 Å². The molecule has 0 saturated carbocycles. The lowest BCUT2D eigenvalue weighted by Crippen LogP contribution is -2.62. The first-order valence-corrected chi connectivity index (χ1v) is 6.53. The van der Waals surface area contributed by atoms with Gasteiger partial charge >= 0.3 is 6.09 Å². The Kier molecular flexibility index (Phi) is 7.04. The minimum absolute atomic E-state index is 0.597. The van der Waals surface area contributed by atoms with Crippen LogP contribution in [0.5, 0.6) is 0 Å². The SMILES string of the molecule is CC(C)(C)OC(=O)N[C@@H](C(=O)NN)C(NN)OC(C)(C)C. The van der Waals surface area contributed by atoms with Crippen molar-refractivity contribution < 1.29 is 19.1 Å². The molecule has 9 nitrogen and oxygen atoms in total. The molecule has 0 heterocycles. The molecule has 0 bridgehead atoms. The van der Waals surface area contributed by atoms with Crippen LogP contribution in [-0.4, -0.2) is 35.5 Å². The van der Waals surface area contributed by atoms with Crippen LogP contribution >= 0.6 is 0 Å². The number of carbonyl (C=O) groups excluding carboxylic acids is 2. The fourth-order valence-corrected chi connectivity index (χ4v) is 1.38. The molecule has 0 aromatic heterocycles. The van der Waals surface area contributed by atoms with Crippen molar-refractivity contribution >= 4 is 12.0 Å². The van der Waals surface area contributed by atoms with E-state index in [2.05, 4.69) is 10.7 Å². The summed E-state index contributed by atoms with van der Waals surface area (Å²) in [5, 5.41) is 2.38. The van der Waals surface area contributed by atoms with E-state index in [4.69, 9.17) is 21.2 Å². The van der Waals surface area contributed by atoms with Crippen molar-refractivity contribution in [2.45, 2.75) is 65.0 Å². The summed E-state index contributed by atoms with van der Waals surface area (Å²) >= 11 is 0. The van der Waals surface area contributed by atoms with E-state index in [1.54, 1.807) is 41.5 Å². The number of rotatable bonds is 5. The first-order chi connectivity index (χ1) is 9.39. The Balaban J connectivity index is 5.02. The number of alkyl carbamates (subject to hydrolysis) is 1. The first kappa shape index (κ1) is 19.6. The van der Waals surface area contributed by atoms with Crippen LogP contribution in [0, 0.1) is 0 Å². The van der Waals surface area contributed by atoms with E-state index in [1.807, 2.05) is 5.43 Å². The summed E-state index contributed by atoms with van der Waals surface area (Å²) in [6, 6.07) is -1.16. The zero-order chi connectivity index (χ0) is 16.8. The van der Waals surface area contributed by atoms with Gasteiger partial charge in [0, 0.05) is 0 Å². The highest BCUT2D eigenvalue weighted by Gasteiger charge is 2.34. The third kappa shape index (κ3) is 8.45. The molecule has 0 aromatic carbocycles. The van der Waals surface area contributed by atoms with Gasteiger partial charge in [-0.3, -0.25) is 16.1 Å². The third-order valence-corrected chi connectivity index (χ3v) is 2.04. The molecule has 0 aliphatic carbocycles. The lowest BCUT2D eigenvalue weighted by Gasteiger charge is -2.32. The lowest BCUT2D eigenvalue weighted by atomic mass is 10.1. The van der Waals surface area contributed by atoms with Crippen LogP contribution in [0.15, 0.2) is 0 Å². The molecular formula is C12H27N5O4. The van der Waals surface area contributed by atoms with Gasteiger partial charge in [0.2, 0.25) is 0 Å². The number of carbonyl (C=O) groups is 2. The average molecular weight is 305 g/mol. The molecule has 0 radical (unpaired) electrons. The molecular weight excluding hydrogens is 278 g/mol. The molecule has 21 heavy (non-hydrogen) atoms. The first-order valence-electron chi connectivity index (χ1n) is 6.53. The molecule has 0 aromatic rings. The summed E-state index contributed by atoms with van der Waals surface area (Å²) < 4.78 is 10.7. The number of hydrogen-bond acceptors (Lipinski definition) is 7. The number of hydrazine groups is 2. The molecule has 0 aliphatic rings. The smallest absolute Gasteiger partial charge is 0.408 e. The Morgan fingerprint density at radius 3 is 1.86 bits per heavy atom. The maximum atomic E-state index is 11.8. The molecule has 0 rings (SSSR count). The van der Waals surface area contributed by atoms with E-state index in [-0.39, 0.29) is 0 Å². The Hall–Kier alpha value is -1.42. The number of nitrogens with two attached hydrogens (primary N) is 2. The zero-order valence-electron chi connectivity index (χ0n) is 13.4. The van der Waals surface area contributed by atoms with Crippen molar-refractivity contribution in [3.8, 4) is 0 Å². The van der Waals surface area contributed by atoms with Gasteiger partial charge in [0.15, 0.2) is 12.3 Å². The number of nitrogens with one attached hydrogen (secondary N) is 3. The highest BCUT2D eigenvalue weighted by molar-refractivity contribution is 5.85. The largest absolute Gasteiger partial charge is 0.444 e. The van der Waals surface area contributed by atoms with Crippen molar-refractivity contribution in [1.29, 1.82) is 0 Å². The number of hydrogen-bond donors (Lipinski definition) is 5. The molecule has 0 spiro atoms. The Labute approximate surface area is 125 Å². The van der Waals surface area contributed by atoms with Crippen molar-refractivity contribution in [1.82, 2.24) is 16.2 Å². The second-order valence-corrected chi connectivity index (χ2v) is 6.45. The van der Waals surface area contributed by atoms with Gasteiger partial charge in [-0.15, -0.1) is 0 Å². The van der Waals surface area contributed by atoms with E-state index < -0.39 is 35.5 Å². The van der Waals surface area contributed by atoms with Crippen molar-refractivity contribution in [3.63, 3.8) is 0 Å². The molecule has 7 N–H and O–H groups in total. The summed E-state index contributed by atoms with van der Waals surface area (Å²) in [7, 11) is 0. The quantitative estimate of drug-likeness (QED) is 0.199. The van der Waals surface area contributed by atoms with Gasteiger partial charge in [0.05, 0.1) is 5.60 Å². The van der Waals surface area contributed by atoms with E-state index in [9.17, 15) is 9.59 Å². The van der Waals surface area contributed by atoms with Gasteiger partial charge in [0.25, 0.3) is 5.91 Å². The third-order valence-electron chi connectivity index (χ3n) is 2.04. The molecule has 0 aliphatic heterocycles. The fraction of sp³-hybridized carbons (Fsp3) is 0.833. The van der Waals surface area contributed by atoms with Crippen molar-refractivity contribution in [3.05, 3.63) is 0 Å². The summed E-state index contributed by atoms with van der Waals surface area (Å²) in [5.41, 5.74) is 2.98. The molecule has 9 heteroatoms. The molecule has 1 unspecified atom stereocenters. The molecule has 124 valence electrons. The van der Waals surface area contributed by atoms with Crippen LogP contribution in [0.2, 0.25) is 0 Å². The monoisotopic (exact) mass is 305 g/mol. The second kappa shape index (κ2) is 7.55. The summed E-state index contributed by atoms with van der Waals surface area (Å²) in [5.74, 6) is 9.83. The maximum Gasteiger partial charge on any atom is 0.408 e. The Morgan fingerprint density at radius 1 is 1.00 bits per heavy atom. The summed E-state index contributed by atoms with van der Waals surface area (Å²) in [6.45, 7) is 10.4. The van der Waals surface area contributed by atoms with Gasteiger partial charge in [-0.05, 0) is 41.5 Å². The van der Waals surface area contributed by atoms with Crippen LogP contribution < -0.4 is 27.9 Å². The zero-order valence-corrected chi connectivity index (χ0v) is 13.4. The average Bonchev–Trinajstić information content (AvgIpc) is 2.29. The van der Waals surface area contributed by atoms with Gasteiger partial charge in [-0.25, -0.2) is 16.1 Å². The second-order valence-electron chi connectivity index (χ2n) is 6.45. The van der Waals surface area contributed by atoms with Crippen molar-refractivity contribution in [2.75, 3.05) is 0 Å². The van der Waals surface area contributed by atoms with Gasteiger partial charge in [0.1, 0.15) is 5.60 Å². The molecule has 2 amide bonds. The summed E-state index contributed by atoms with van der Waals surface area (Å²) in [4.78, 5) is 23.6. The number of amides is 2. The lowest BCUT2D eigenvalue weighted by molar-refractivity contribution is -0.135. The minimum Gasteiger partial charge on any atom is -0.444 e. The van der Waals surface area contributed by atoms with Gasteiger partial charge in [-0.1, -0.05) is 0 Å². The predicted octanol–water partition coefficient (Wildman–Crippen LogP) is -0.526. The predicted molar refractivity (Wildman–Crippen MR) is 77.4 cm³/mol. The van der Waals surface area contributed by atoms with Gasteiger partial charge < -0.3 is 14.8 Å². The van der Waals surface area contributed by atoms with Crippen molar-refractivity contribution in [2.24, 2.45) is 11.7 Å². The Morgan fingerprint density at radius 2 is 1.52 bits per heavy atom. The number of ether oxygens (including phenoxy) is 2. The van der Waals surface area contributed by atoms with Crippen LogP contribution in [0.25, 0.3) is 0 Å². The Bertz CT molecular complexity index is 362. The minimum atomic E-state index is -1.16. The fourth-order valence-electron chi connectivity index (χ4n) is 1.38. The van der Waals surface area contributed by atoms with E-state index in [0.717, 1.165) is 0 Å². The molecule has 2 atom stereocenters. The normalized spacial score (nSPS) is 15.0. The highest BCUT2D eigenvalue weighted by atomic mass is 16.6. The topological polar surface area (TPSA) is 141 Å². The standard InChI is InChI=1S/C12H27N5O4/c1-11(2,3)20-9(17-14)7(8(18)16-13)15-10(19)21-12(4,5)6/h7,9,17H,13-14H2,1-6H3,(H,15,19)(H,16,18)/t7-,9?/m0/s1. The van der Waals surface area contributed by atoms with Crippen LogP contribution in [-0.2, 0) is 14.3 Å². The van der Waals surface area contributed by atoms with Crippen LogP contribution in [0.1, 0.15) is 41.5 Å². The van der Waals surface area contributed by atoms with E-state index >= 15 is 0 Å². The molecule has 0 saturated heterocycles. The van der Waals surface area contributed by atoms with E-state index in [1.165, 1.54) is 0 Å².